The summed E-state index contributed by atoms with van der Waals surface area (Å²) >= 11 is 0. The molecule has 0 saturated carbocycles. The van der Waals surface area contributed by atoms with Gasteiger partial charge in [-0.1, -0.05) is 6.07 Å². The Hall–Kier alpha value is -3.29. The summed E-state index contributed by atoms with van der Waals surface area (Å²) in [4.78, 5) is 32.7. The average Bonchev–Trinajstić information content (AvgIpc) is 2.74. The van der Waals surface area contributed by atoms with Gasteiger partial charge in [-0.2, -0.15) is 0 Å². The first-order valence-corrected chi connectivity index (χ1v) is 9.30. The molecule has 1 aliphatic rings. The van der Waals surface area contributed by atoms with Gasteiger partial charge in [0.2, 0.25) is 0 Å². The molecule has 1 aliphatic heterocycles. The highest BCUT2D eigenvalue weighted by molar-refractivity contribution is 5.94. The fourth-order valence-electron chi connectivity index (χ4n) is 3.06. The zero-order valence-electron chi connectivity index (χ0n) is 16.1. The summed E-state index contributed by atoms with van der Waals surface area (Å²) in [5, 5.41) is 5.40. The minimum atomic E-state index is -0.248. The van der Waals surface area contributed by atoms with Crippen molar-refractivity contribution in [1.29, 1.82) is 0 Å². The van der Waals surface area contributed by atoms with Crippen LogP contribution in [-0.2, 0) is 0 Å². The third-order valence-corrected chi connectivity index (χ3v) is 4.55. The number of piperazine rings is 1. The van der Waals surface area contributed by atoms with Crippen LogP contribution in [0.2, 0.25) is 0 Å². The van der Waals surface area contributed by atoms with Gasteiger partial charge in [-0.15, -0.1) is 0 Å². The number of carbonyl (C=O) groups excluding carboxylic acids is 2. The number of hydrogen-bond donors (Lipinski definition) is 2. The van der Waals surface area contributed by atoms with Crippen molar-refractivity contribution in [3.8, 4) is 5.75 Å². The summed E-state index contributed by atoms with van der Waals surface area (Å²) in [5.74, 6) is 1.51. The molecule has 1 aromatic heterocycles. The smallest absolute Gasteiger partial charge is 0.319 e. The van der Waals surface area contributed by atoms with Crippen molar-refractivity contribution < 1.29 is 14.3 Å². The molecule has 0 unspecified atom stereocenters. The van der Waals surface area contributed by atoms with Gasteiger partial charge in [-0.25, -0.2) is 9.78 Å². The van der Waals surface area contributed by atoms with Gasteiger partial charge in [0.15, 0.2) is 0 Å². The zero-order valence-corrected chi connectivity index (χ0v) is 16.1. The molecule has 0 atom stereocenters. The Balaban J connectivity index is 1.56. The summed E-state index contributed by atoms with van der Waals surface area (Å²) in [5.41, 5.74) is 1.27. The Kier molecular flexibility index (Phi) is 6.31. The molecule has 1 aromatic carbocycles. The van der Waals surface area contributed by atoms with E-state index in [2.05, 4.69) is 20.5 Å². The summed E-state index contributed by atoms with van der Waals surface area (Å²) in [6.07, 6.45) is 1.64. The number of benzene rings is 1. The van der Waals surface area contributed by atoms with E-state index in [-0.39, 0.29) is 11.9 Å². The topological polar surface area (TPSA) is 86.8 Å². The van der Waals surface area contributed by atoms with Gasteiger partial charge in [-0.3, -0.25) is 4.79 Å². The monoisotopic (exact) mass is 383 g/mol. The van der Waals surface area contributed by atoms with Crippen LogP contribution in [0.15, 0.2) is 42.6 Å². The van der Waals surface area contributed by atoms with Crippen molar-refractivity contribution in [2.75, 3.05) is 50.1 Å². The van der Waals surface area contributed by atoms with Gasteiger partial charge in [0.25, 0.3) is 5.91 Å². The molecule has 8 nitrogen and oxygen atoms in total. The molecule has 1 fully saturated rings. The second-order valence-electron chi connectivity index (χ2n) is 6.40. The Morgan fingerprint density at radius 3 is 2.57 bits per heavy atom. The van der Waals surface area contributed by atoms with Crippen molar-refractivity contribution in [3.05, 3.63) is 48.2 Å². The lowest BCUT2D eigenvalue weighted by atomic mass is 10.1. The molecule has 0 radical (unpaired) electrons. The summed E-state index contributed by atoms with van der Waals surface area (Å²) in [6, 6.07) is 10.7. The first-order chi connectivity index (χ1) is 13.6. The van der Waals surface area contributed by atoms with Crippen molar-refractivity contribution in [1.82, 2.24) is 15.2 Å². The molecule has 2 N–H and O–H groups in total. The molecule has 0 aliphatic carbocycles. The maximum atomic E-state index is 12.7. The third kappa shape index (κ3) is 4.70. The molecule has 0 spiro atoms. The number of aromatic nitrogens is 1. The number of urea groups is 1. The summed E-state index contributed by atoms with van der Waals surface area (Å²) in [6.45, 7) is 5.07. The largest absolute Gasteiger partial charge is 0.497 e. The minimum absolute atomic E-state index is 0.00740. The molecular weight excluding hydrogens is 358 g/mol. The predicted molar refractivity (Wildman–Crippen MR) is 108 cm³/mol. The van der Waals surface area contributed by atoms with Crippen LogP contribution in [0.5, 0.6) is 5.75 Å². The van der Waals surface area contributed by atoms with Crippen LogP contribution in [0.25, 0.3) is 0 Å². The fourth-order valence-corrected chi connectivity index (χ4v) is 3.06. The van der Waals surface area contributed by atoms with Crippen LogP contribution in [-0.4, -0.2) is 61.7 Å². The van der Waals surface area contributed by atoms with Crippen molar-refractivity contribution in [3.63, 3.8) is 0 Å². The number of amides is 3. The fraction of sp³-hybridized carbons (Fsp3) is 0.350. The SMILES string of the molecule is CCNC(=O)Nc1ccc(N2CCN(C(=O)c3cccc(OC)c3)CC2)nc1. The van der Waals surface area contributed by atoms with Crippen molar-refractivity contribution in [2.24, 2.45) is 0 Å². The van der Waals surface area contributed by atoms with Gasteiger partial charge in [0.05, 0.1) is 19.0 Å². The van der Waals surface area contributed by atoms with Gasteiger partial charge < -0.3 is 25.2 Å². The van der Waals surface area contributed by atoms with E-state index in [0.717, 1.165) is 5.82 Å². The molecule has 3 amide bonds. The van der Waals surface area contributed by atoms with Gasteiger partial charge in [0, 0.05) is 38.3 Å². The number of pyridine rings is 1. The minimum Gasteiger partial charge on any atom is -0.497 e. The van der Waals surface area contributed by atoms with Crippen LogP contribution in [0.3, 0.4) is 0 Å². The molecule has 1 saturated heterocycles. The number of anilines is 2. The van der Waals surface area contributed by atoms with Gasteiger partial charge in [-0.05, 0) is 37.3 Å². The van der Waals surface area contributed by atoms with Gasteiger partial charge >= 0.3 is 6.03 Å². The van der Waals surface area contributed by atoms with E-state index in [0.29, 0.717) is 49.7 Å². The lowest BCUT2D eigenvalue weighted by Gasteiger charge is -2.35. The van der Waals surface area contributed by atoms with Crippen LogP contribution in [0.4, 0.5) is 16.3 Å². The molecule has 2 heterocycles. The number of rotatable bonds is 5. The van der Waals surface area contributed by atoms with E-state index in [1.807, 2.05) is 36.1 Å². The lowest BCUT2D eigenvalue weighted by molar-refractivity contribution is 0.0746. The van der Waals surface area contributed by atoms with Crippen LogP contribution in [0.1, 0.15) is 17.3 Å². The van der Waals surface area contributed by atoms with Crippen LogP contribution in [0, 0.1) is 0 Å². The zero-order chi connectivity index (χ0) is 19.9. The van der Waals surface area contributed by atoms with E-state index < -0.39 is 0 Å². The number of nitrogens with zero attached hydrogens (tertiary/aromatic N) is 3. The first-order valence-electron chi connectivity index (χ1n) is 9.30. The van der Waals surface area contributed by atoms with Crippen molar-refractivity contribution in [2.45, 2.75) is 6.92 Å². The van der Waals surface area contributed by atoms with E-state index in [1.54, 1.807) is 25.4 Å². The highest BCUT2D eigenvalue weighted by Crippen LogP contribution is 2.19. The molecule has 8 heteroatoms. The standard InChI is InChI=1S/C20H25N5O3/c1-3-21-20(27)23-16-7-8-18(22-14-16)24-9-11-25(12-10-24)19(26)15-5-4-6-17(13-15)28-2/h4-8,13-14H,3,9-12H2,1-2H3,(H2,21,23,27). The second-order valence-corrected chi connectivity index (χ2v) is 6.40. The normalized spacial score (nSPS) is 13.8. The molecule has 2 aromatic rings. The Labute approximate surface area is 164 Å². The summed E-state index contributed by atoms with van der Waals surface area (Å²) < 4.78 is 5.20. The predicted octanol–water partition coefficient (Wildman–Crippen LogP) is 2.19. The second kappa shape index (κ2) is 9.07. The number of carbonyl (C=O) groups is 2. The molecule has 0 bridgehead atoms. The highest BCUT2D eigenvalue weighted by Gasteiger charge is 2.23. The lowest BCUT2D eigenvalue weighted by Crippen LogP contribution is -2.49. The Bertz CT molecular complexity index is 817. The van der Waals surface area contributed by atoms with E-state index in [9.17, 15) is 9.59 Å². The number of methoxy groups -OCH3 is 1. The quantitative estimate of drug-likeness (QED) is 0.827. The average molecular weight is 383 g/mol. The third-order valence-electron chi connectivity index (χ3n) is 4.55. The van der Waals surface area contributed by atoms with Crippen LogP contribution >= 0.6 is 0 Å². The number of nitrogens with one attached hydrogen (secondary N) is 2. The molecule has 148 valence electrons. The highest BCUT2D eigenvalue weighted by atomic mass is 16.5. The van der Waals surface area contributed by atoms with E-state index in [4.69, 9.17) is 4.74 Å². The first kappa shape index (κ1) is 19.5. The Morgan fingerprint density at radius 1 is 1.14 bits per heavy atom. The van der Waals surface area contributed by atoms with Crippen molar-refractivity contribution >= 4 is 23.4 Å². The molecular formula is C20H25N5O3. The van der Waals surface area contributed by atoms with Crippen LogP contribution < -0.4 is 20.3 Å². The van der Waals surface area contributed by atoms with E-state index >= 15 is 0 Å². The summed E-state index contributed by atoms with van der Waals surface area (Å²) in [7, 11) is 1.59. The van der Waals surface area contributed by atoms with Gasteiger partial charge in [0.1, 0.15) is 11.6 Å². The molecule has 3 rings (SSSR count). The maximum Gasteiger partial charge on any atom is 0.319 e. The Morgan fingerprint density at radius 2 is 1.93 bits per heavy atom. The van der Waals surface area contributed by atoms with E-state index in [1.165, 1.54) is 0 Å². The maximum absolute atomic E-state index is 12.7. The number of hydrogen-bond acceptors (Lipinski definition) is 5. The number of ether oxygens (including phenoxy) is 1. The molecule has 28 heavy (non-hydrogen) atoms.